The third kappa shape index (κ3) is 2.54. The van der Waals surface area contributed by atoms with Crippen LogP contribution in [-0.2, 0) is 18.4 Å². The van der Waals surface area contributed by atoms with Gasteiger partial charge in [-0.3, -0.25) is 4.90 Å². The van der Waals surface area contributed by atoms with E-state index in [0.29, 0.717) is 0 Å². The van der Waals surface area contributed by atoms with E-state index in [1.807, 2.05) is 0 Å². The van der Waals surface area contributed by atoms with E-state index in [1.54, 1.807) is 0 Å². The van der Waals surface area contributed by atoms with Crippen LogP contribution < -0.4 is 0 Å². The van der Waals surface area contributed by atoms with Crippen LogP contribution in [0.2, 0.25) is 0 Å². The molecular weight excluding hydrogens is 210 g/mol. The first-order chi connectivity index (χ1) is 7.68. The van der Waals surface area contributed by atoms with Gasteiger partial charge in [-0.25, -0.2) is 4.98 Å². The van der Waals surface area contributed by atoms with Crippen molar-refractivity contribution in [1.82, 2.24) is 14.9 Å². The quantitative estimate of drug-likeness (QED) is 0.750. The van der Waals surface area contributed by atoms with Gasteiger partial charge in [-0.1, -0.05) is 20.8 Å². The molecule has 0 bridgehead atoms. The van der Waals surface area contributed by atoms with E-state index >= 15 is 0 Å². The molecule has 0 aromatic carbocycles. The van der Waals surface area contributed by atoms with Crippen molar-refractivity contribution in [3.05, 3.63) is 17.2 Å². The Bertz CT molecular complexity index is 404. The minimum Gasteiger partial charge on any atom is -0.344 e. The maximum atomic E-state index is 4.76. The Hall–Kier alpha value is -0.830. The van der Waals surface area contributed by atoms with Crippen molar-refractivity contribution in [2.24, 2.45) is 0 Å². The van der Waals surface area contributed by atoms with Crippen molar-refractivity contribution in [3.63, 3.8) is 0 Å². The molecule has 0 amide bonds. The zero-order chi connectivity index (χ0) is 12.8. The molecule has 0 radical (unpaired) electrons. The molecular formula is C14H25N3. The van der Waals surface area contributed by atoms with E-state index in [-0.39, 0.29) is 11.0 Å². The summed E-state index contributed by atoms with van der Waals surface area (Å²) in [5, 5.41) is 0. The van der Waals surface area contributed by atoms with Crippen molar-refractivity contribution in [2.45, 2.75) is 65.5 Å². The van der Waals surface area contributed by atoms with E-state index in [2.05, 4.69) is 51.4 Å². The van der Waals surface area contributed by atoms with Gasteiger partial charge in [0.05, 0.1) is 11.4 Å². The third-order valence-electron chi connectivity index (χ3n) is 3.49. The highest BCUT2D eigenvalue weighted by Crippen LogP contribution is 2.27. The van der Waals surface area contributed by atoms with Crippen LogP contribution in [0.3, 0.4) is 0 Å². The van der Waals surface area contributed by atoms with Gasteiger partial charge in [-0.05, 0) is 20.8 Å². The first-order valence-corrected chi connectivity index (χ1v) is 6.51. The monoisotopic (exact) mass is 235 g/mol. The Morgan fingerprint density at radius 2 is 1.76 bits per heavy atom. The Balaban J connectivity index is 2.25. The predicted molar refractivity (Wildman–Crippen MR) is 71.2 cm³/mol. The minimum absolute atomic E-state index is 0.115. The molecule has 1 aromatic heterocycles. The average Bonchev–Trinajstić information content (AvgIpc) is 2.57. The second-order valence-electron chi connectivity index (χ2n) is 7.10. The second kappa shape index (κ2) is 3.84. The van der Waals surface area contributed by atoms with Gasteiger partial charge in [-0.2, -0.15) is 0 Å². The Morgan fingerprint density at radius 1 is 1.12 bits per heavy atom. The van der Waals surface area contributed by atoms with Crippen molar-refractivity contribution in [3.8, 4) is 0 Å². The molecule has 3 heteroatoms. The van der Waals surface area contributed by atoms with Crippen LogP contribution in [0.4, 0.5) is 0 Å². The minimum atomic E-state index is 0.115. The van der Waals surface area contributed by atoms with Crippen LogP contribution in [0.25, 0.3) is 0 Å². The summed E-state index contributed by atoms with van der Waals surface area (Å²) in [5.74, 6) is 1.12. The van der Waals surface area contributed by atoms with Gasteiger partial charge in [0.1, 0.15) is 5.82 Å². The van der Waals surface area contributed by atoms with Gasteiger partial charge in [0.2, 0.25) is 0 Å². The summed E-state index contributed by atoms with van der Waals surface area (Å²) in [6, 6.07) is 0. The summed E-state index contributed by atoms with van der Waals surface area (Å²) in [6.45, 7) is 15.6. The maximum Gasteiger partial charge on any atom is 0.112 e. The molecule has 2 rings (SSSR count). The van der Waals surface area contributed by atoms with E-state index in [0.717, 1.165) is 25.3 Å². The van der Waals surface area contributed by atoms with Gasteiger partial charge in [0, 0.05) is 30.5 Å². The van der Waals surface area contributed by atoms with Gasteiger partial charge < -0.3 is 4.98 Å². The number of nitrogens with one attached hydrogen (secondary N) is 1. The number of hydrogen-bond donors (Lipinski definition) is 1. The van der Waals surface area contributed by atoms with Crippen LogP contribution in [0.15, 0.2) is 0 Å². The number of aromatic amines is 1. The molecule has 0 atom stereocenters. The highest BCUT2D eigenvalue weighted by Gasteiger charge is 2.29. The Kier molecular flexibility index (Phi) is 2.85. The van der Waals surface area contributed by atoms with Gasteiger partial charge >= 0.3 is 0 Å². The number of fused-ring (bicyclic) bond motifs is 1. The lowest BCUT2D eigenvalue weighted by molar-refractivity contribution is 0.118. The van der Waals surface area contributed by atoms with E-state index in [9.17, 15) is 0 Å². The fourth-order valence-electron chi connectivity index (χ4n) is 2.22. The van der Waals surface area contributed by atoms with Crippen molar-refractivity contribution < 1.29 is 0 Å². The first kappa shape index (κ1) is 12.6. The zero-order valence-electron chi connectivity index (χ0n) is 12.0. The number of nitrogens with zero attached hydrogens (tertiary/aromatic N) is 2. The third-order valence-corrected chi connectivity index (χ3v) is 3.49. The molecule has 0 fully saturated rings. The van der Waals surface area contributed by atoms with Crippen molar-refractivity contribution in [1.29, 1.82) is 0 Å². The summed E-state index contributed by atoms with van der Waals surface area (Å²) < 4.78 is 0. The standard InChI is InChI=1S/C14H25N3/c1-13(2,3)12-15-10-7-8-17(14(4,5)6)9-11(10)16-12/h7-9H2,1-6H3,(H,15,16). The summed E-state index contributed by atoms with van der Waals surface area (Å²) >= 11 is 0. The van der Waals surface area contributed by atoms with Crippen LogP contribution >= 0.6 is 0 Å². The van der Waals surface area contributed by atoms with Gasteiger partial charge in [0.25, 0.3) is 0 Å². The van der Waals surface area contributed by atoms with Gasteiger partial charge in [0.15, 0.2) is 0 Å². The van der Waals surface area contributed by atoms with Crippen LogP contribution in [-0.4, -0.2) is 27.0 Å². The number of rotatable bonds is 0. The lowest BCUT2D eigenvalue weighted by Gasteiger charge is -2.37. The highest BCUT2D eigenvalue weighted by atomic mass is 15.2. The SMILES string of the molecule is CC(C)(C)c1nc2c([nH]1)CN(C(C)(C)C)CC2. The normalized spacial score (nSPS) is 18.2. The molecule has 0 saturated carbocycles. The largest absolute Gasteiger partial charge is 0.344 e. The predicted octanol–water partition coefficient (Wildman–Crippen LogP) is 2.86. The lowest BCUT2D eigenvalue weighted by atomic mass is 9.96. The van der Waals surface area contributed by atoms with Crippen LogP contribution in [0.1, 0.15) is 58.8 Å². The summed E-state index contributed by atoms with van der Waals surface area (Å²) in [6.07, 6.45) is 1.07. The number of H-pyrrole nitrogens is 1. The molecule has 3 nitrogen and oxygen atoms in total. The number of imidazole rings is 1. The summed E-state index contributed by atoms with van der Waals surface area (Å²) in [7, 11) is 0. The Morgan fingerprint density at radius 3 is 2.29 bits per heavy atom. The molecule has 0 spiro atoms. The van der Waals surface area contributed by atoms with Gasteiger partial charge in [-0.15, -0.1) is 0 Å². The Labute approximate surface area is 105 Å². The second-order valence-corrected chi connectivity index (χ2v) is 7.10. The fourth-order valence-corrected chi connectivity index (χ4v) is 2.22. The average molecular weight is 235 g/mol. The molecule has 1 aliphatic heterocycles. The number of hydrogen-bond acceptors (Lipinski definition) is 2. The molecule has 1 N–H and O–H groups in total. The maximum absolute atomic E-state index is 4.76. The molecule has 0 aliphatic carbocycles. The molecule has 17 heavy (non-hydrogen) atoms. The molecule has 1 aromatic rings. The van der Waals surface area contributed by atoms with E-state index in [1.165, 1.54) is 11.4 Å². The summed E-state index contributed by atoms with van der Waals surface area (Å²) in [5.41, 5.74) is 2.95. The smallest absolute Gasteiger partial charge is 0.112 e. The molecule has 2 heterocycles. The first-order valence-electron chi connectivity index (χ1n) is 6.51. The zero-order valence-corrected chi connectivity index (χ0v) is 12.0. The topological polar surface area (TPSA) is 31.9 Å². The number of aromatic nitrogens is 2. The molecule has 1 aliphatic rings. The summed E-state index contributed by atoms with van der Waals surface area (Å²) in [4.78, 5) is 10.8. The highest BCUT2D eigenvalue weighted by molar-refractivity contribution is 5.21. The fraction of sp³-hybridized carbons (Fsp3) is 0.786. The van der Waals surface area contributed by atoms with Crippen molar-refractivity contribution in [2.75, 3.05) is 6.54 Å². The molecule has 0 saturated heterocycles. The van der Waals surface area contributed by atoms with Crippen LogP contribution in [0.5, 0.6) is 0 Å². The van der Waals surface area contributed by atoms with Crippen molar-refractivity contribution >= 4 is 0 Å². The van der Waals surface area contributed by atoms with E-state index < -0.39 is 0 Å². The molecule has 96 valence electrons. The van der Waals surface area contributed by atoms with Crippen LogP contribution in [0, 0.1) is 0 Å². The van der Waals surface area contributed by atoms with E-state index in [4.69, 9.17) is 4.98 Å². The lowest BCUT2D eigenvalue weighted by Crippen LogP contribution is -2.44. The molecule has 0 unspecified atom stereocenters.